The quantitative estimate of drug-likeness (QED) is 0.738. The summed E-state index contributed by atoms with van der Waals surface area (Å²) >= 11 is 1.23. The number of rotatable bonds is 3. The van der Waals surface area contributed by atoms with Gasteiger partial charge < -0.3 is 9.67 Å². The highest BCUT2D eigenvalue weighted by Crippen LogP contribution is 2.34. The number of nitrogens with zero attached hydrogens (tertiary/aromatic N) is 2. The van der Waals surface area contributed by atoms with Crippen molar-refractivity contribution >= 4 is 28.2 Å². The minimum Gasteiger partial charge on any atom is -0.477 e. The smallest absolute Gasteiger partial charge is 0.347 e. The fourth-order valence-corrected chi connectivity index (χ4v) is 4.02. The van der Waals surface area contributed by atoms with E-state index in [9.17, 15) is 9.90 Å². The molecular formula is C18H20N2O2S. The molecule has 0 saturated carbocycles. The van der Waals surface area contributed by atoms with Crippen molar-refractivity contribution in [1.82, 2.24) is 9.55 Å². The van der Waals surface area contributed by atoms with Gasteiger partial charge in [0, 0.05) is 28.2 Å². The zero-order valence-electron chi connectivity index (χ0n) is 14.0. The minimum atomic E-state index is -0.912. The second kappa shape index (κ2) is 5.49. The van der Waals surface area contributed by atoms with Crippen LogP contribution in [-0.4, -0.2) is 20.6 Å². The molecule has 2 aromatic heterocycles. The Morgan fingerprint density at radius 2 is 1.96 bits per heavy atom. The normalized spacial score (nSPS) is 11.6. The summed E-state index contributed by atoms with van der Waals surface area (Å²) < 4.78 is 2.34. The molecule has 1 aromatic carbocycles. The third kappa shape index (κ3) is 2.45. The average Bonchev–Trinajstić information content (AvgIpc) is 2.98. The summed E-state index contributed by atoms with van der Waals surface area (Å²) in [4.78, 5) is 16.0. The van der Waals surface area contributed by atoms with Crippen molar-refractivity contribution in [2.45, 2.75) is 40.7 Å². The zero-order valence-corrected chi connectivity index (χ0v) is 14.8. The van der Waals surface area contributed by atoms with Crippen LogP contribution in [0.4, 0.5) is 0 Å². The lowest BCUT2D eigenvalue weighted by molar-refractivity contribution is 0.0701. The van der Waals surface area contributed by atoms with Crippen molar-refractivity contribution < 1.29 is 9.90 Å². The minimum absolute atomic E-state index is 0.313. The molecule has 0 amide bonds. The molecule has 2 heterocycles. The number of hydrogen-bond donors (Lipinski definition) is 1. The number of carbonyl (C=O) groups is 1. The van der Waals surface area contributed by atoms with Gasteiger partial charge in [-0.05, 0) is 58.4 Å². The van der Waals surface area contributed by atoms with E-state index in [0.717, 1.165) is 10.6 Å². The largest absolute Gasteiger partial charge is 0.477 e. The molecule has 0 bridgehead atoms. The third-order valence-corrected chi connectivity index (χ3v) is 5.51. The SMILES string of the molecule is Cc1nc(-c2ccc3c(c2)c(C)c(C)n3C(C)C)sc1C(=O)O. The van der Waals surface area contributed by atoms with Crippen LogP contribution in [0, 0.1) is 20.8 Å². The number of thiazole rings is 1. The molecular weight excluding hydrogens is 308 g/mol. The molecule has 0 radical (unpaired) electrons. The first-order valence-electron chi connectivity index (χ1n) is 7.63. The van der Waals surface area contributed by atoms with Crippen LogP contribution in [-0.2, 0) is 0 Å². The van der Waals surface area contributed by atoms with Crippen LogP contribution in [0.25, 0.3) is 21.5 Å². The Bertz CT molecular complexity index is 919. The maximum Gasteiger partial charge on any atom is 0.347 e. The molecule has 120 valence electrons. The molecule has 0 saturated heterocycles. The number of aromatic nitrogens is 2. The maximum absolute atomic E-state index is 11.2. The molecule has 5 heteroatoms. The maximum atomic E-state index is 11.2. The molecule has 0 aliphatic carbocycles. The van der Waals surface area contributed by atoms with Gasteiger partial charge in [-0.2, -0.15) is 0 Å². The van der Waals surface area contributed by atoms with Crippen LogP contribution in [0.15, 0.2) is 18.2 Å². The van der Waals surface area contributed by atoms with Gasteiger partial charge in [-0.3, -0.25) is 0 Å². The molecule has 1 N–H and O–H groups in total. The lowest BCUT2D eigenvalue weighted by Crippen LogP contribution is -2.02. The van der Waals surface area contributed by atoms with Crippen LogP contribution in [0.5, 0.6) is 0 Å². The fourth-order valence-electron chi connectivity index (χ4n) is 3.12. The van der Waals surface area contributed by atoms with E-state index in [-0.39, 0.29) is 0 Å². The third-order valence-electron chi connectivity index (χ3n) is 4.32. The van der Waals surface area contributed by atoms with Gasteiger partial charge in [0.2, 0.25) is 0 Å². The Morgan fingerprint density at radius 3 is 2.52 bits per heavy atom. The Morgan fingerprint density at radius 1 is 1.26 bits per heavy atom. The number of aromatic carboxylic acids is 1. The van der Waals surface area contributed by atoms with Crippen LogP contribution in [0.3, 0.4) is 0 Å². The first-order chi connectivity index (χ1) is 10.8. The topological polar surface area (TPSA) is 55.1 Å². The van der Waals surface area contributed by atoms with Crippen molar-refractivity contribution in [3.8, 4) is 10.6 Å². The number of carboxylic acids is 1. The lowest BCUT2D eigenvalue weighted by Gasteiger charge is -2.12. The van der Waals surface area contributed by atoms with E-state index in [2.05, 4.69) is 49.4 Å². The van der Waals surface area contributed by atoms with Gasteiger partial charge in [-0.15, -0.1) is 11.3 Å². The number of fused-ring (bicyclic) bond motifs is 1. The van der Waals surface area contributed by atoms with Crippen LogP contribution in [0.1, 0.15) is 46.5 Å². The summed E-state index contributed by atoms with van der Waals surface area (Å²) in [5, 5.41) is 11.2. The van der Waals surface area contributed by atoms with Gasteiger partial charge in [-0.1, -0.05) is 0 Å². The van der Waals surface area contributed by atoms with Crippen LogP contribution in [0.2, 0.25) is 0 Å². The Kier molecular flexibility index (Phi) is 3.76. The summed E-state index contributed by atoms with van der Waals surface area (Å²) in [6.45, 7) is 10.4. The highest BCUT2D eigenvalue weighted by Gasteiger charge is 2.17. The van der Waals surface area contributed by atoms with E-state index >= 15 is 0 Å². The summed E-state index contributed by atoms with van der Waals surface area (Å²) in [5.74, 6) is -0.912. The summed E-state index contributed by atoms with van der Waals surface area (Å²) in [6, 6.07) is 6.67. The van der Waals surface area contributed by atoms with Crippen molar-refractivity contribution in [1.29, 1.82) is 0 Å². The molecule has 0 aliphatic rings. The van der Waals surface area contributed by atoms with Crippen LogP contribution >= 0.6 is 11.3 Å². The first kappa shape index (κ1) is 15.7. The molecule has 0 atom stereocenters. The molecule has 3 aromatic rings. The van der Waals surface area contributed by atoms with E-state index in [0.29, 0.717) is 16.6 Å². The van der Waals surface area contributed by atoms with Crippen molar-refractivity contribution in [3.05, 3.63) is 40.0 Å². The summed E-state index contributed by atoms with van der Waals surface area (Å²) in [7, 11) is 0. The van der Waals surface area contributed by atoms with Gasteiger partial charge in [0.15, 0.2) is 0 Å². The number of carboxylic acid groups (broad SMARTS) is 1. The zero-order chi connectivity index (χ0) is 16.9. The predicted molar refractivity (Wildman–Crippen MR) is 94.6 cm³/mol. The van der Waals surface area contributed by atoms with E-state index in [1.165, 1.54) is 33.5 Å². The van der Waals surface area contributed by atoms with Gasteiger partial charge in [-0.25, -0.2) is 9.78 Å². The molecule has 4 nitrogen and oxygen atoms in total. The second-order valence-corrected chi connectivity index (χ2v) is 7.14. The number of benzene rings is 1. The molecule has 0 spiro atoms. The van der Waals surface area contributed by atoms with Gasteiger partial charge in [0.05, 0.1) is 5.69 Å². The first-order valence-corrected chi connectivity index (χ1v) is 8.45. The van der Waals surface area contributed by atoms with E-state index in [1.54, 1.807) is 6.92 Å². The van der Waals surface area contributed by atoms with Crippen molar-refractivity contribution in [2.75, 3.05) is 0 Å². The van der Waals surface area contributed by atoms with Crippen LogP contribution < -0.4 is 0 Å². The lowest BCUT2D eigenvalue weighted by atomic mass is 10.1. The summed E-state index contributed by atoms with van der Waals surface area (Å²) in [5.41, 5.74) is 5.30. The summed E-state index contributed by atoms with van der Waals surface area (Å²) in [6.07, 6.45) is 0. The van der Waals surface area contributed by atoms with Gasteiger partial charge >= 0.3 is 5.97 Å². The second-order valence-electron chi connectivity index (χ2n) is 6.14. The fraction of sp³-hybridized carbons (Fsp3) is 0.333. The Balaban J connectivity index is 2.20. The van der Waals surface area contributed by atoms with E-state index in [4.69, 9.17) is 0 Å². The van der Waals surface area contributed by atoms with Gasteiger partial charge in [0.25, 0.3) is 0 Å². The Labute approximate surface area is 139 Å². The highest BCUT2D eigenvalue weighted by atomic mass is 32.1. The van der Waals surface area contributed by atoms with E-state index in [1.807, 2.05) is 6.07 Å². The van der Waals surface area contributed by atoms with E-state index < -0.39 is 5.97 Å². The molecule has 3 rings (SSSR count). The van der Waals surface area contributed by atoms with Crippen molar-refractivity contribution in [3.63, 3.8) is 0 Å². The molecule has 0 aliphatic heterocycles. The number of aryl methyl sites for hydroxylation is 2. The molecule has 23 heavy (non-hydrogen) atoms. The van der Waals surface area contributed by atoms with Crippen molar-refractivity contribution in [2.24, 2.45) is 0 Å². The highest BCUT2D eigenvalue weighted by molar-refractivity contribution is 7.17. The predicted octanol–water partition coefficient (Wildman–Crippen LogP) is 4.97. The Hall–Kier alpha value is -2.14. The number of hydrogen-bond acceptors (Lipinski definition) is 3. The van der Waals surface area contributed by atoms with Gasteiger partial charge in [0.1, 0.15) is 9.88 Å². The standard InChI is InChI=1S/C18H20N2O2S/c1-9(2)20-12(5)10(3)14-8-13(6-7-15(14)20)17-19-11(4)16(23-17)18(21)22/h6-9H,1-5H3,(H,21,22). The molecule has 0 fully saturated rings. The molecule has 0 unspecified atom stereocenters. The monoisotopic (exact) mass is 328 g/mol. The average molecular weight is 328 g/mol.